The summed E-state index contributed by atoms with van der Waals surface area (Å²) in [4.78, 5) is 11.7. The lowest BCUT2D eigenvalue weighted by atomic mass is 10.1. The van der Waals surface area contributed by atoms with Gasteiger partial charge in [0.1, 0.15) is 5.82 Å². The molecule has 0 radical (unpaired) electrons. The predicted molar refractivity (Wildman–Crippen MR) is 132 cm³/mol. The molecule has 0 spiro atoms. The summed E-state index contributed by atoms with van der Waals surface area (Å²) in [6.07, 6.45) is 1.46. The minimum absolute atomic E-state index is 0.156. The van der Waals surface area contributed by atoms with Gasteiger partial charge in [0.25, 0.3) is 0 Å². The zero-order chi connectivity index (χ0) is 22.8. The summed E-state index contributed by atoms with van der Waals surface area (Å²) in [5.41, 5.74) is 2.27. The number of hydrogen-bond acceptors (Lipinski definition) is 7. The third kappa shape index (κ3) is 5.27. The largest absolute Gasteiger partial charge is 0.377 e. The molecule has 2 heterocycles. The topological polar surface area (TPSA) is 103 Å². The van der Waals surface area contributed by atoms with E-state index in [1.54, 1.807) is 20.9 Å². The first-order valence-corrected chi connectivity index (χ1v) is 12.4. The number of ether oxygens (including phenoxy) is 1. The van der Waals surface area contributed by atoms with Crippen LogP contribution in [0.3, 0.4) is 0 Å². The maximum atomic E-state index is 10.5. The first kappa shape index (κ1) is 23.7. The van der Waals surface area contributed by atoms with Gasteiger partial charge >= 0.3 is 0 Å². The van der Waals surface area contributed by atoms with Gasteiger partial charge in [0.05, 0.1) is 29.7 Å². The van der Waals surface area contributed by atoms with E-state index in [1.165, 1.54) is 6.26 Å². The molecule has 31 heavy (non-hydrogen) atoms. The van der Waals surface area contributed by atoms with Gasteiger partial charge in [0.15, 0.2) is 10.9 Å². The monoisotopic (exact) mass is 465 g/mol. The number of hydrogen-bond donors (Lipinski definition) is 4. The van der Waals surface area contributed by atoms with Crippen LogP contribution >= 0.6 is 22.8 Å². The first-order valence-electron chi connectivity index (χ1n) is 10.1. The standard InChI is InChI=1S/C21H31N5O3S2/c1-14-13-29-11-10-26(14)18-12-17(21(2,3)31(5,27)28)24-19(25-18)15-6-8-16(9-7-15)23-20(30)22-4/h6-9,12,14,27-28H,10-11,13H2,1-5H3,(H2,22,23,30)/t14-/m0/s1. The average Bonchev–Trinajstić information content (AvgIpc) is 2.73. The third-order valence-corrected chi connectivity index (χ3v) is 8.03. The number of nitrogens with one attached hydrogen (secondary N) is 2. The van der Waals surface area contributed by atoms with E-state index in [0.717, 1.165) is 17.1 Å². The van der Waals surface area contributed by atoms with Crippen molar-refractivity contribution in [2.45, 2.75) is 31.6 Å². The van der Waals surface area contributed by atoms with Gasteiger partial charge in [-0.1, -0.05) is 0 Å². The van der Waals surface area contributed by atoms with Crippen molar-refractivity contribution in [2.75, 3.05) is 43.3 Å². The van der Waals surface area contributed by atoms with Gasteiger partial charge in [-0.05, 0) is 57.3 Å². The number of morpholine rings is 1. The molecule has 1 aliphatic rings. The highest BCUT2D eigenvalue weighted by molar-refractivity contribution is 8.24. The van der Waals surface area contributed by atoms with Gasteiger partial charge in [-0.15, -0.1) is 0 Å². The zero-order valence-corrected chi connectivity index (χ0v) is 20.2. The Bertz CT molecular complexity index is 932. The summed E-state index contributed by atoms with van der Waals surface area (Å²) in [6.45, 7) is 7.64. The van der Waals surface area contributed by atoms with E-state index in [4.69, 9.17) is 26.9 Å². The van der Waals surface area contributed by atoms with Crippen molar-refractivity contribution in [3.8, 4) is 11.4 Å². The second-order valence-electron chi connectivity index (χ2n) is 8.18. The molecule has 0 saturated carbocycles. The molecule has 0 bridgehead atoms. The Labute approximate surface area is 190 Å². The number of aromatic nitrogens is 2. The highest BCUT2D eigenvalue weighted by atomic mass is 32.3. The molecule has 1 aromatic heterocycles. The molecule has 8 nitrogen and oxygen atoms in total. The lowest BCUT2D eigenvalue weighted by Gasteiger charge is -2.43. The zero-order valence-electron chi connectivity index (χ0n) is 18.5. The van der Waals surface area contributed by atoms with Crippen LogP contribution in [0.4, 0.5) is 11.5 Å². The van der Waals surface area contributed by atoms with E-state index in [-0.39, 0.29) is 6.04 Å². The third-order valence-electron chi connectivity index (χ3n) is 5.59. The minimum Gasteiger partial charge on any atom is -0.377 e. The number of rotatable bonds is 5. The van der Waals surface area contributed by atoms with Gasteiger partial charge in [0, 0.05) is 37.2 Å². The molecule has 3 rings (SSSR count). The number of nitrogens with zero attached hydrogens (tertiary/aromatic N) is 3. The molecule has 10 heteroatoms. The fraction of sp³-hybridized carbons (Fsp3) is 0.476. The fourth-order valence-corrected chi connectivity index (χ4v) is 3.80. The normalized spacial score (nSPS) is 17.9. The van der Waals surface area contributed by atoms with Crippen LogP contribution in [0, 0.1) is 0 Å². The van der Waals surface area contributed by atoms with Crippen LogP contribution in [0.2, 0.25) is 0 Å². The summed E-state index contributed by atoms with van der Waals surface area (Å²) < 4.78 is 25.6. The molecule has 0 aliphatic carbocycles. The molecule has 1 fully saturated rings. The summed E-state index contributed by atoms with van der Waals surface area (Å²) in [5, 5.41) is 6.50. The van der Waals surface area contributed by atoms with Crippen molar-refractivity contribution >= 4 is 39.4 Å². The van der Waals surface area contributed by atoms with E-state index >= 15 is 0 Å². The molecule has 0 amide bonds. The summed E-state index contributed by atoms with van der Waals surface area (Å²) in [5.74, 6) is 1.29. The van der Waals surface area contributed by atoms with E-state index in [0.29, 0.717) is 36.4 Å². The summed E-state index contributed by atoms with van der Waals surface area (Å²) in [7, 11) is -1.14. The molecular weight excluding hydrogens is 434 g/mol. The van der Waals surface area contributed by atoms with Crippen molar-refractivity contribution in [1.29, 1.82) is 0 Å². The Morgan fingerprint density at radius 3 is 2.52 bits per heavy atom. The van der Waals surface area contributed by atoms with Gasteiger partial charge < -0.3 is 20.3 Å². The van der Waals surface area contributed by atoms with Crippen LogP contribution in [0.5, 0.6) is 0 Å². The molecular formula is C21H31N5O3S2. The quantitative estimate of drug-likeness (QED) is 0.490. The van der Waals surface area contributed by atoms with Crippen LogP contribution in [-0.4, -0.2) is 63.3 Å². The van der Waals surface area contributed by atoms with Crippen LogP contribution in [0.15, 0.2) is 30.3 Å². The van der Waals surface area contributed by atoms with E-state index < -0.39 is 15.3 Å². The van der Waals surface area contributed by atoms with Crippen molar-refractivity contribution < 1.29 is 13.8 Å². The van der Waals surface area contributed by atoms with Crippen LogP contribution in [0.25, 0.3) is 11.4 Å². The average molecular weight is 466 g/mol. The minimum atomic E-state index is -2.90. The Hall–Kier alpha value is -1.98. The van der Waals surface area contributed by atoms with Crippen molar-refractivity contribution in [2.24, 2.45) is 0 Å². The summed E-state index contributed by atoms with van der Waals surface area (Å²) >= 11 is 5.15. The van der Waals surface area contributed by atoms with Crippen LogP contribution < -0.4 is 15.5 Å². The number of thiocarbonyl (C=S) groups is 1. The maximum Gasteiger partial charge on any atom is 0.170 e. The van der Waals surface area contributed by atoms with Gasteiger partial charge in [0.2, 0.25) is 0 Å². The Kier molecular flexibility index (Phi) is 7.07. The van der Waals surface area contributed by atoms with E-state index in [9.17, 15) is 9.11 Å². The Balaban J connectivity index is 2.05. The van der Waals surface area contributed by atoms with Gasteiger partial charge in [-0.3, -0.25) is 9.11 Å². The molecule has 1 atom stereocenters. The fourth-order valence-electron chi connectivity index (χ4n) is 3.18. The molecule has 1 saturated heterocycles. The lowest BCUT2D eigenvalue weighted by molar-refractivity contribution is 0.0985. The highest BCUT2D eigenvalue weighted by Gasteiger charge is 2.35. The smallest absolute Gasteiger partial charge is 0.170 e. The molecule has 4 N–H and O–H groups in total. The van der Waals surface area contributed by atoms with E-state index in [2.05, 4.69) is 22.5 Å². The van der Waals surface area contributed by atoms with Crippen molar-refractivity contribution in [3.05, 3.63) is 36.0 Å². The molecule has 2 aromatic rings. The molecule has 170 valence electrons. The Morgan fingerprint density at radius 2 is 1.94 bits per heavy atom. The predicted octanol–water partition coefficient (Wildman–Crippen LogP) is 3.90. The SMILES string of the molecule is CNC(=S)Nc1ccc(-c2nc(N3CCOC[C@@H]3C)cc(C(C)(C)S(C)(O)O)n2)cc1. The molecule has 1 aliphatic heterocycles. The van der Waals surface area contributed by atoms with Crippen molar-refractivity contribution in [1.82, 2.24) is 15.3 Å². The van der Waals surface area contributed by atoms with E-state index in [1.807, 2.05) is 30.3 Å². The Morgan fingerprint density at radius 1 is 1.26 bits per heavy atom. The maximum absolute atomic E-state index is 10.5. The molecule has 1 aromatic carbocycles. The number of anilines is 2. The second kappa shape index (κ2) is 9.25. The molecule has 0 unspecified atom stereocenters. The first-order chi connectivity index (χ1) is 14.5. The van der Waals surface area contributed by atoms with Gasteiger partial charge in [-0.2, -0.15) is 10.6 Å². The van der Waals surface area contributed by atoms with Crippen LogP contribution in [-0.2, 0) is 9.48 Å². The second-order valence-corrected chi connectivity index (χ2v) is 11.3. The van der Waals surface area contributed by atoms with Crippen LogP contribution in [0.1, 0.15) is 26.5 Å². The number of benzene rings is 1. The van der Waals surface area contributed by atoms with Gasteiger partial charge in [-0.25, -0.2) is 9.97 Å². The highest BCUT2D eigenvalue weighted by Crippen LogP contribution is 2.55. The van der Waals surface area contributed by atoms with Crippen molar-refractivity contribution in [3.63, 3.8) is 0 Å². The lowest BCUT2D eigenvalue weighted by Crippen LogP contribution is -2.44. The summed E-state index contributed by atoms with van der Waals surface area (Å²) in [6, 6.07) is 9.68.